The molecule has 1 nitrogen and oxygen atoms in total. The van der Waals surface area contributed by atoms with Gasteiger partial charge in [-0.3, -0.25) is 0 Å². The van der Waals surface area contributed by atoms with Crippen molar-refractivity contribution in [1.29, 1.82) is 0 Å². The van der Waals surface area contributed by atoms with Crippen LogP contribution in [-0.2, 0) is 32.7 Å². The zero-order valence-corrected chi connectivity index (χ0v) is 7.59. The van der Waals surface area contributed by atoms with Gasteiger partial charge in [0.1, 0.15) is 0 Å². The van der Waals surface area contributed by atoms with Crippen molar-refractivity contribution in [3.8, 4) is 0 Å². The minimum atomic E-state index is 0. The Hall–Kier alpha value is 0.774. The number of hydrogen-bond donors (Lipinski definition) is 0. The van der Waals surface area contributed by atoms with Gasteiger partial charge in [-0.2, -0.15) is 6.92 Å². The molecule has 0 saturated heterocycles. The van der Waals surface area contributed by atoms with Gasteiger partial charge < -0.3 is 18.1 Å². The van der Waals surface area contributed by atoms with Gasteiger partial charge in [0.2, 0.25) is 0 Å². The minimum Gasteiger partial charge on any atom is -0.533 e. The van der Waals surface area contributed by atoms with Crippen LogP contribution in [0.3, 0.4) is 0 Å². The number of aliphatic imine (C=N–C) groups is 1. The van der Waals surface area contributed by atoms with Gasteiger partial charge in [0.25, 0.3) is 0 Å². The molecule has 0 amide bonds. The average molecular weight is 172 g/mol. The predicted molar refractivity (Wildman–Crippen MR) is 27.9 cm³/mol. The molecule has 0 aliphatic rings. The molecule has 0 fully saturated rings. The molecule has 7 heavy (non-hydrogen) atoms. The van der Waals surface area contributed by atoms with Gasteiger partial charge in [0.15, 0.2) is 0 Å². The van der Waals surface area contributed by atoms with E-state index >= 15 is 0 Å². The van der Waals surface area contributed by atoms with Crippen LogP contribution in [0.4, 0.5) is 0 Å². The summed E-state index contributed by atoms with van der Waals surface area (Å²) in [5.74, 6) is 0. The maximum atomic E-state index is 4.88. The molecule has 1 radical (unpaired) electrons. The molecule has 0 aliphatic heterocycles. The summed E-state index contributed by atoms with van der Waals surface area (Å²) in [5.41, 5.74) is 0. The molecule has 0 spiro atoms. The largest absolute Gasteiger partial charge is 0.533 e. The van der Waals surface area contributed by atoms with E-state index in [1.54, 1.807) is 0 Å². The number of rotatable bonds is 2. The first-order chi connectivity index (χ1) is 2.81. The van der Waals surface area contributed by atoms with Crippen LogP contribution in [0.5, 0.6) is 0 Å². The van der Waals surface area contributed by atoms with Crippen molar-refractivity contribution in [2.75, 3.05) is 0 Å². The molecule has 0 aromatic carbocycles. The second kappa shape index (κ2) is 6.77. The summed E-state index contributed by atoms with van der Waals surface area (Å²) in [6.45, 7) is 8.74. The second-order valence-corrected chi connectivity index (χ2v) is 1.22. The first kappa shape index (κ1) is 10.7. The Balaban J connectivity index is 0. The van der Waals surface area contributed by atoms with Crippen molar-refractivity contribution in [1.82, 2.24) is 0 Å². The zero-order valence-electron chi connectivity index (χ0n) is 4.76. The Morgan fingerprint density at radius 1 is 1.71 bits per heavy atom. The fraction of sp³-hybridized carbons (Fsp3) is 0.600. The first-order valence-corrected chi connectivity index (χ1v) is 2.00. The molecule has 0 N–H and O–H groups in total. The van der Waals surface area contributed by atoms with Gasteiger partial charge in [-0.25, -0.2) is 0 Å². The Bertz CT molecular complexity index is 45.3. The van der Waals surface area contributed by atoms with Crippen molar-refractivity contribution < 1.29 is 32.7 Å². The molecule has 0 bridgehead atoms. The normalized spacial score (nSPS) is 11.7. The molecule has 39 valence electrons. The molecule has 0 aromatic heterocycles. The van der Waals surface area contributed by atoms with E-state index in [4.69, 9.17) is 6.72 Å². The first-order valence-electron chi connectivity index (χ1n) is 2.00. The third-order valence-electron chi connectivity index (χ3n) is 0.718. The number of nitrogens with zero attached hydrogens (tertiary/aromatic N) is 1. The molecule has 1 unspecified atom stereocenters. The molecule has 0 heterocycles. The van der Waals surface area contributed by atoms with Crippen molar-refractivity contribution in [3.05, 3.63) is 6.42 Å². The smallest absolute Gasteiger partial charge is 0 e. The van der Waals surface area contributed by atoms with Crippen LogP contribution in [0.1, 0.15) is 13.8 Å². The summed E-state index contributed by atoms with van der Waals surface area (Å²) < 4.78 is 0. The molecule has 0 rings (SSSR count). The van der Waals surface area contributed by atoms with Gasteiger partial charge in [0, 0.05) is 32.7 Å². The van der Waals surface area contributed by atoms with Crippen molar-refractivity contribution in [2.45, 2.75) is 19.9 Å². The third kappa shape index (κ3) is 6.77. The van der Waals surface area contributed by atoms with Crippen LogP contribution < -0.4 is 0 Å². The fourth-order valence-electron chi connectivity index (χ4n) is 0.0861. The summed E-state index contributed by atoms with van der Waals surface area (Å²) in [4.78, 5) is 3.45. The average Bonchev–Trinajstić information content (AvgIpc) is 1.65. The molecule has 0 saturated carbocycles. The van der Waals surface area contributed by atoms with E-state index in [1.807, 2.05) is 20.3 Å². The summed E-state index contributed by atoms with van der Waals surface area (Å²) in [5, 5.41) is 0. The van der Waals surface area contributed by atoms with E-state index in [0.717, 1.165) is 0 Å². The SMILES string of the molecule is [CH-]=NC(C)[CH-]C.[Y]. The Kier molecular flexibility index (Phi) is 10.4. The van der Waals surface area contributed by atoms with Crippen LogP contribution in [0.25, 0.3) is 0 Å². The molecule has 0 aliphatic carbocycles. The van der Waals surface area contributed by atoms with Gasteiger partial charge in [-0.05, 0) is 0 Å². The van der Waals surface area contributed by atoms with Crippen molar-refractivity contribution >= 4 is 6.72 Å². The third-order valence-corrected chi connectivity index (χ3v) is 0.718. The predicted octanol–water partition coefficient (Wildman–Crippen LogP) is 1.17. The van der Waals surface area contributed by atoms with E-state index in [-0.39, 0.29) is 38.8 Å². The Morgan fingerprint density at radius 2 is 2.14 bits per heavy atom. The molecule has 2 heteroatoms. The van der Waals surface area contributed by atoms with Crippen LogP contribution >= 0.6 is 0 Å². The van der Waals surface area contributed by atoms with E-state index < -0.39 is 0 Å². The van der Waals surface area contributed by atoms with Crippen LogP contribution in [0.2, 0.25) is 0 Å². The maximum Gasteiger partial charge on any atom is 0 e. The maximum absolute atomic E-state index is 4.88. The number of hydrogen-bond acceptors (Lipinski definition) is 1. The summed E-state index contributed by atoms with van der Waals surface area (Å²) >= 11 is 0. The summed E-state index contributed by atoms with van der Waals surface area (Å²) in [7, 11) is 0. The van der Waals surface area contributed by atoms with Gasteiger partial charge >= 0.3 is 0 Å². The quantitative estimate of drug-likeness (QED) is 0.438. The van der Waals surface area contributed by atoms with E-state index in [2.05, 4.69) is 4.99 Å². The monoisotopic (exact) mass is 172 g/mol. The standard InChI is InChI=1S/C5H9N.Y/c1-4-5(2)6-3;/h3-5H,1-2H3;/q-2;. The van der Waals surface area contributed by atoms with Gasteiger partial charge in [-0.1, -0.05) is 6.92 Å². The van der Waals surface area contributed by atoms with Gasteiger partial charge in [-0.15, -0.1) is 6.04 Å². The second-order valence-electron chi connectivity index (χ2n) is 1.22. The van der Waals surface area contributed by atoms with Crippen molar-refractivity contribution in [3.63, 3.8) is 0 Å². The molecular formula is C5H9NY-2. The Morgan fingerprint density at radius 3 is 2.14 bits per heavy atom. The van der Waals surface area contributed by atoms with Crippen LogP contribution in [-0.4, -0.2) is 12.8 Å². The summed E-state index contributed by atoms with van der Waals surface area (Å²) in [6, 6.07) is 0.213. The van der Waals surface area contributed by atoms with E-state index in [0.29, 0.717) is 0 Å². The molecule has 1 atom stereocenters. The van der Waals surface area contributed by atoms with Crippen LogP contribution in [0.15, 0.2) is 4.99 Å². The van der Waals surface area contributed by atoms with Gasteiger partial charge in [0.05, 0.1) is 0 Å². The summed E-state index contributed by atoms with van der Waals surface area (Å²) in [6.07, 6.45) is 1.93. The van der Waals surface area contributed by atoms with E-state index in [1.165, 1.54) is 0 Å². The fourth-order valence-corrected chi connectivity index (χ4v) is 0.0861. The molecular weight excluding hydrogens is 163 g/mol. The van der Waals surface area contributed by atoms with Crippen LogP contribution in [0, 0.1) is 6.42 Å². The zero-order chi connectivity index (χ0) is 4.99. The topological polar surface area (TPSA) is 12.4 Å². The Labute approximate surface area is 70.5 Å². The minimum absolute atomic E-state index is 0. The van der Waals surface area contributed by atoms with E-state index in [9.17, 15) is 0 Å². The van der Waals surface area contributed by atoms with Crippen molar-refractivity contribution in [2.24, 2.45) is 4.99 Å². The molecule has 0 aromatic rings.